The Hall–Kier alpha value is -2.86. The second-order valence-electron chi connectivity index (χ2n) is 5.99. The van der Waals surface area contributed by atoms with Gasteiger partial charge in [0.05, 0.1) is 17.8 Å². The summed E-state index contributed by atoms with van der Waals surface area (Å²) in [4.78, 5) is 16.5. The zero-order chi connectivity index (χ0) is 19.1. The van der Waals surface area contributed by atoms with E-state index in [1.807, 2.05) is 19.1 Å². The number of thiazole rings is 1. The number of carbonyl (C=O) groups excluding carboxylic acids is 1. The van der Waals surface area contributed by atoms with Crippen molar-refractivity contribution in [1.29, 1.82) is 0 Å². The highest BCUT2D eigenvalue weighted by Crippen LogP contribution is 2.25. The van der Waals surface area contributed by atoms with E-state index < -0.39 is 0 Å². The second kappa shape index (κ2) is 9.19. The molecule has 1 amide bonds. The summed E-state index contributed by atoms with van der Waals surface area (Å²) in [7, 11) is 1.57. The lowest BCUT2D eigenvalue weighted by molar-refractivity contribution is -0.123. The summed E-state index contributed by atoms with van der Waals surface area (Å²) in [5, 5.41) is 6.00. The third-order valence-corrected chi connectivity index (χ3v) is 4.81. The molecular weight excluding hydrogens is 360 g/mol. The van der Waals surface area contributed by atoms with Crippen molar-refractivity contribution in [3.8, 4) is 22.8 Å². The van der Waals surface area contributed by atoms with Crippen molar-refractivity contribution in [3.05, 3.63) is 64.5 Å². The molecule has 1 heterocycles. The Morgan fingerprint density at radius 2 is 1.85 bits per heavy atom. The third-order valence-electron chi connectivity index (χ3n) is 4.03. The lowest BCUT2D eigenvalue weighted by Crippen LogP contribution is -2.30. The van der Waals surface area contributed by atoms with Gasteiger partial charge in [0, 0.05) is 17.5 Å². The fraction of sp³-hybridized carbons (Fsp3) is 0.238. The van der Waals surface area contributed by atoms with Crippen molar-refractivity contribution in [3.63, 3.8) is 0 Å². The number of hydrogen-bond donors (Lipinski definition) is 1. The van der Waals surface area contributed by atoms with Crippen molar-refractivity contribution in [2.24, 2.45) is 0 Å². The Kier molecular flexibility index (Phi) is 6.44. The van der Waals surface area contributed by atoms with Gasteiger partial charge in [0.25, 0.3) is 5.91 Å². The third kappa shape index (κ3) is 5.31. The lowest BCUT2D eigenvalue weighted by atomic mass is 10.1. The van der Waals surface area contributed by atoms with Crippen molar-refractivity contribution >= 4 is 17.2 Å². The van der Waals surface area contributed by atoms with Crippen LogP contribution in [0.5, 0.6) is 11.5 Å². The van der Waals surface area contributed by atoms with E-state index >= 15 is 0 Å². The first kappa shape index (κ1) is 18.9. The maximum Gasteiger partial charge on any atom is 0.257 e. The molecule has 6 heteroatoms. The molecule has 3 rings (SSSR count). The monoisotopic (exact) mass is 382 g/mol. The van der Waals surface area contributed by atoms with E-state index in [-0.39, 0.29) is 12.5 Å². The number of aryl methyl sites for hydroxylation is 1. The number of methoxy groups -OCH3 is 1. The predicted octanol–water partition coefficient (Wildman–Crippen LogP) is 3.86. The number of rotatable bonds is 8. The highest BCUT2D eigenvalue weighted by atomic mass is 32.1. The van der Waals surface area contributed by atoms with Crippen LogP contribution in [0.1, 0.15) is 10.6 Å². The first-order chi connectivity index (χ1) is 13.2. The van der Waals surface area contributed by atoms with Crippen LogP contribution in [0.4, 0.5) is 0 Å². The Morgan fingerprint density at radius 1 is 1.11 bits per heavy atom. The van der Waals surface area contributed by atoms with Gasteiger partial charge in [0.2, 0.25) is 0 Å². The summed E-state index contributed by atoms with van der Waals surface area (Å²) in [5.74, 6) is 1.01. The average molecular weight is 382 g/mol. The molecule has 0 fully saturated rings. The molecule has 0 saturated carbocycles. The highest BCUT2D eigenvalue weighted by molar-refractivity contribution is 7.09. The van der Waals surface area contributed by atoms with Crippen LogP contribution in [0.15, 0.2) is 53.9 Å². The minimum Gasteiger partial charge on any atom is -0.493 e. The topological polar surface area (TPSA) is 60.5 Å². The average Bonchev–Trinajstić information content (AvgIpc) is 3.13. The summed E-state index contributed by atoms with van der Waals surface area (Å²) in [6.07, 6.45) is 0.761. The normalized spacial score (nSPS) is 10.4. The molecule has 1 N–H and O–H groups in total. The quantitative estimate of drug-likeness (QED) is 0.643. The lowest BCUT2D eigenvalue weighted by Gasteiger charge is -2.10. The number of hydrogen-bond acceptors (Lipinski definition) is 5. The molecule has 1 aromatic heterocycles. The fourth-order valence-electron chi connectivity index (χ4n) is 2.62. The number of para-hydroxylation sites is 2. The Bertz CT molecular complexity index is 890. The van der Waals surface area contributed by atoms with Crippen LogP contribution < -0.4 is 14.8 Å². The van der Waals surface area contributed by atoms with E-state index in [0.717, 1.165) is 28.2 Å². The van der Waals surface area contributed by atoms with Gasteiger partial charge in [-0.3, -0.25) is 4.79 Å². The highest BCUT2D eigenvalue weighted by Gasteiger charge is 2.07. The van der Waals surface area contributed by atoms with Gasteiger partial charge in [-0.25, -0.2) is 4.98 Å². The predicted molar refractivity (Wildman–Crippen MR) is 107 cm³/mol. The molecule has 27 heavy (non-hydrogen) atoms. The maximum atomic E-state index is 12.0. The molecule has 0 aliphatic carbocycles. The van der Waals surface area contributed by atoms with Crippen molar-refractivity contribution < 1.29 is 14.3 Å². The second-order valence-corrected chi connectivity index (χ2v) is 7.05. The SMILES string of the molecule is COc1ccccc1OCC(=O)NCCc1ccc(-c2csc(C)n2)cc1. The Balaban J connectivity index is 1.43. The van der Waals surface area contributed by atoms with Crippen LogP contribution >= 0.6 is 11.3 Å². The van der Waals surface area contributed by atoms with Crippen LogP contribution in [0.2, 0.25) is 0 Å². The first-order valence-corrected chi connectivity index (χ1v) is 9.57. The van der Waals surface area contributed by atoms with Crippen LogP contribution in [0.3, 0.4) is 0 Å². The van der Waals surface area contributed by atoms with Gasteiger partial charge >= 0.3 is 0 Å². The van der Waals surface area contributed by atoms with Gasteiger partial charge in [-0.15, -0.1) is 11.3 Å². The molecule has 0 radical (unpaired) electrons. The van der Waals surface area contributed by atoms with Gasteiger partial charge in [0.1, 0.15) is 0 Å². The molecule has 5 nitrogen and oxygen atoms in total. The molecule has 0 spiro atoms. The summed E-state index contributed by atoms with van der Waals surface area (Å²) in [6.45, 7) is 2.52. The van der Waals surface area contributed by atoms with E-state index in [9.17, 15) is 4.79 Å². The fourth-order valence-corrected chi connectivity index (χ4v) is 3.24. The van der Waals surface area contributed by atoms with Crippen LogP contribution in [-0.2, 0) is 11.2 Å². The number of benzene rings is 2. The zero-order valence-corrected chi connectivity index (χ0v) is 16.2. The number of nitrogens with zero attached hydrogens (tertiary/aromatic N) is 1. The summed E-state index contributed by atoms with van der Waals surface area (Å²) < 4.78 is 10.7. The minimum atomic E-state index is -0.157. The molecular formula is C21H22N2O3S. The molecule has 2 aromatic carbocycles. The van der Waals surface area contributed by atoms with Gasteiger partial charge < -0.3 is 14.8 Å². The van der Waals surface area contributed by atoms with Crippen molar-refractivity contribution in [2.75, 3.05) is 20.3 Å². The first-order valence-electron chi connectivity index (χ1n) is 8.69. The van der Waals surface area contributed by atoms with Crippen LogP contribution in [0.25, 0.3) is 11.3 Å². The van der Waals surface area contributed by atoms with Crippen LogP contribution in [0, 0.1) is 6.92 Å². The van der Waals surface area contributed by atoms with Crippen molar-refractivity contribution in [1.82, 2.24) is 10.3 Å². The number of nitrogens with one attached hydrogen (secondary N) is 1. The summed E-state index contributed by atoms with van der Waals surface area (Å²) >= 11 is 1.65. The standard InChI is InChI=1S/C21H22N2O3S/c1-15-23-18(14-27-15)17-9-7-16(8-10-17)11-12-22-21(24)13-26-20-6-4-3-5-19(20)25-2/h3-10,14H,11-13H2,1-2H3,(H,22,24). The van der Waals surface area contributed by atoms with Gasteiger partial charge in [-0.2, -0.15) is 0 Å². The Morgan fingerprint density at radius 3 is 2.52 bits per heavy atom. The summed E-state index contributed by atoms with van der Waals surface area (Å²) in [6, 6.07) is 15.5. The van der Waals surface area contributed by atoms with E-state index in [0.29, 0.717) is 18.0 Å². The minimum absolute atomic E-state index is 0.0392. The van der Waals surface area contributed by atoms with Gasteiger partial charge in [-0.1, -0.05) is 36.4 Å². The Labute approximate surface area is 163 Å². The number of aromatic nitrogens is 1. The largest absolute Gasteiger partial charge is 0.493 e. The van der Waals surface area contributed by atoms with E-state index in [1.165, 1.54) is 0 Å². The van der Waals surface area contributed by atoms with Crippen molar-refractivity contribution in [2.45, 2.75) is 13.3 Å². The number of ether oxygens (including phenoxy) is 2. The van der Waals surface area contributed by atoms with E-state index in [4.69, 9.17) is 9.47 Å². The maximum absolute atomic E-state index is 12.0. The van der Waals surface area contributed by atoms with E-state index in [1.54, 1.807) is 30.6 Å². The van der Waals surface area contributed by atoms with Gasteiger partial charge in [-0.05, 0) is 31.0 Å². The molecule has 140 valence electrons. The molecule has 0 saturated heterocycles. The molecule has 0 unspecified atom stereocenters. The molecule has 3 aromatic rings. The summed E-state index contributed by atoms with van der Waals surface area (Å²) in [5.41, 5.74) is 3.28. The molecule has 0 aliphatic rings. The molecule has 0 aliphatic heterocycles. The number of amides is 1. The molecule has 0 atom stereocenters. The van der Waals surface area contributed by atoms with Crippen LogP contribution in [-0.4, -0.2) is 31.2 Å². The van der Waals surface area contributed by atoms with Gasteiger partial charge in [0.15, 0.2) is 18.1 Å². The van der Waals surface area contributed by atoms with E-state index in [2.05, 4.69) is 39.9 Å². The molecule has 0 bridgehead atoms. The zero-order valence-electron chi connectivity index (χ0n) is 15.4. The smallest absolute Gasteiger partial charge is 0.257 e. The number of carbonyl (C=O) groups is 1.